The van der Waals surface area contributed by atoms with Crippen molar-refractivity contribution in [3.63, 3.8) is 0 Å². The Morgan fingerprint density at radius 2 is 1.78 bits per heavy atom. The predicted molar refractivity (Wildman–Crippen MR) is 91.7 cm³/mol. The normalized spacial score (nSPS) is 11.4. The lowest BCUT2D eigenvalue weighted by atomic mass is 10.1. The van der Waals surface area contributed by atoms with E-state index in [9.17, 15) is 0 Å². The molecular formula is C18H19N5. The van der Waals surface area contributed by atoms with E-state index in [0.717, 1.165) is 11.3 Å². The van der Waals surface area contributed by atoms with Crippen molar-refractivity contribution in [3.05, 3.63) is 83.6 Å². The van der Waals surface area contributed by atoms with Crippen LogP contribution in [0.1, 0.15) is 11.1 Å². The molecule has 5 heteroatoms. The van der Waals surface area contributed by atoms with E-state index in [1.807, 2.05) is 42.6 Å². The van der Waals surface area contributed by atoms with E-state index in [4.69, 9.17) is 5.84 Å². The predicted octanol–water partition coefficient (Wildman–Crippen LogP) is 2.38. The Labute approximate surface area is 135 Å². The molecule has 0 spiro atoms. The lowest BCUT2D eigenvalue weighted by Crippen LogP contribution is -2.32. The summed E-state index contributed by atoms with van der Waals surface area (Å²) in [6.07, 6.45) is 1.89. The molecule has 5 nitrogen and oxygen atoms in total. The first-order chi connectivity index (χ1) is 11.3. The van der Waals surface area contributed by atoms with Crippen LogP contribution in [0.15, 0.2) is 72.0 Å². The first-order valence-electron chi connectivity index (χ1n) is 7.45. The van der Waals surface area contributed by atoms with Crippen LogP contribution in [0.3, 0.4) is 0 Å². The van der Waals surface area contributed by atoms with Crippen LogP contribution in [0.5, 0.6) is 0 Å². The fraction of sp³-hybridized carbons (Fsp3) is 0.111. The van der Waals surface area contributed by atoms with Crippen molar-refractivity contribution in [2.24, 2.45) is 10.9 Å². The van der Waals surface area contributed by atoms with Gasteiger partial charge in [-0.05, 0) is 18.6 Å². The van der Waals surface area contributed by atoms with Crippen LogP contribution in [0.4, 0.5) is 0 Å². The third kappa shape index (κ3) is 3.58. The van der Waals surface area contributed by atoms with Gasteiger partial charge in [-0.1, -0.05) is 60.2 Å². The minimum absolute atomic E-state index is 0.430. The van der Waals surface area contributed by atoms with Gasteiger partial charge in [0.25, 0.3) is 5.62 Å². The summed E-state index contributed by atoms with van der Waals surface area (Å²) in [6, 6.07) is 20.3. The molecule has 0 unspecified atom stereocenters. The highest BCUT2D eigenvalue weighted by Gasteiger charge is 2.02. The van der Waals surface area contributed by atoms with E-state index in [2.05, 4.69) is 46.7 Å². The summed E-state index contributed by atoms with van der Waals surface area (Å²) in [6.45, 7) is 2.73. The van der Waals surface area contributed by atoms with Crippen LogP contribution in [0.2, 0.25) is 0 Å². The molecule has 116 valence electrons. The molecular weight excluding hydrogens is 286 g/mol. The first-order valence-corrected chi connectivity index (χ1v) is 7.45. The molecule has 1 heterocycles. The third-order valence-corrected chi connectivity index (χ3v) is 3.58. The van der Waals surface area contributed by atoms with Crippen molar-refractivity contribution in [1.82, 2.24) is 9.66 Å². The van der Waals surface area contributed by atoms with Gasteiger partial charge in [0.15, 0.2) is 0 Å². The van der Waals surface area contributed by atoms with E-state index in [1.165, 1.54) is 11.1 Å². The van der Waals surface area contributed by atoms with Crippen LogP contribution >= 0.6 is 0 Å². The van der Waals surface area contributed by atoms with Gasteiger partial charge in [0.2, 0.25) is 0 Å². The average Bonchev–Trinajstić information content (AvgIpc) is 2.61. The van der Waals surface area contributed by atoms with Crippen molar-refractivity contribution in [2.75, 3.05) is 5.43 Å². The summed E-state index contributed by atoms with van der Waals surface area (Å²) in [4.78, 5) is 4.51. The zero-order valence-corrected chi connectivity index (χ0v) is 13.0. The first kappa shape index (κ1) is 14.8. The summed E-state index contributed by atoms with van der Waals surface area (Å²) in [5.41, 5.74) is 7.94. The van der Waals surface area contributed by atoms with Crippen LogP contribution in [0.25, 0.3) is 11.3 Å². The van der Waals surface area contributed by atoms with Gasteiger partial charge < -0.3 is 11.3 Å². The molecule has 0 amide bonds. The number of nitrogens with zero attached hydrogens (tertiary/aromatic N) is 3. The topological polar surface area (TPSA) is 68.2 Å². The van der Waals surface area contributed by atoms with E-state index in [1.54, 1.807) is 4.68 Å². The van der Waals surface area contributed by atoms with Gasteiger partial charge >= 0.3 is 0 Å². The second-order valence-electron chi connectivity index (χ2n) is 5.30. The van der Waals surface area contributed by atoms with Crippen LogP contribution < -0.4 is 16.9 Å². The maximum absolute atomic E-state index is 5.49. The van der Waals surface area contributed by atoms with Gasteiger partial charge in [0.05, 0.1) is 12.2 Å². The van der Waals surface area contributed by atoms with Gasteiger partial charge in [-0.3, -0.25) is 0 Å². The Morgan fingerprint density at radius 3 is 2.48 bits per heavy atom. The number of hydrogen-bond acceptors (Lipinski definition) is 4. The average molecular weight is 305 g/mol. The largest absolute Gasteiger partial charge is 0.320 e. The number of hydrogen-bond donors (Lipinski definition) is 2. The van der Waals surface area contributed by atoms with Crippen LogP contribution in [-0.2, 0) is 6.54 Å². The van der Waals surface area contributed by atoms with Crippen LogP contribution in [-0.4, -0.2) is 9.66 Å². The molecule has 0 atom stereocenters. The van der Waals surface area contributed by atoms with Gasteiger partial charge in [-0.2, -0.15) is 0 Å². The Balaban J connectivity index is 1.84. The molecule has 0 saturated carbocycles. The fourth-order valence-corrected chi connectivity index (χ4v) is 2.28. The Hall–Kier alpha value is -3.08. The standard InChI is InChI=1S/C18H19N5/c1-14-7-9-16(10-8-14)17-11-12-23(18(21-17)22-19)20-13-15-5-3-2-4-6-15/h2-12,20H,13,19H2,1H3. The number of benzene rings is 2. The van der Waals surface area contributed by atoms with Crippen molar-refractivity contribution in [1.29, 1.82) is 0 Å². The van der Waals surface area contributed by atoms with Gasteiger partial charge in [-0.25, -0.2) is 9.66 Å². The molecule has 0 fully saturated rings. The van der Waals surface area contributed by atoms with Gasteiger partial charge in [0, 0.05) is 11.8 Å². The number of rotatable bonds is 4. The lowest BCUT2D eigenvalue weighted by molar-refractivity contribution is 0.736. The minimum Gasteiger partial charge on any atom is -0.320 e. The zero-order valence-electron chi connectivity index (χ0n) is 13.0. The summed E-state index contributed by atoms with van der Waals surface area (Å²) < 4.78 is 1.73. The van der Waals surface area contributed by atoms with E-state index in [-0.39, 0.29) is 0 Å². The molecule has 0 saturated heterocycles. The van der Waals surface area contributed by atoms with E-state index < -0.39 is 0 Å². The summed E-state index contributed by atoms with van der Waals surface area (Å²) >= 11 is 0. The minimum atomic E-state index is 0.430. The Morgan fingerprint density at radius 1 is 1.04 bits per heavy atom. The quantitative estimate of drug-likeness (QED) is 0.574. The second-order valence-corrected chi connectivity index (χ2v) is 5.30. The smallest absolute Gasteiger partial charge is 0.265 e. The van der Waals surface area contributed by atoms with Gasteiger partial charge in [0.1, 0.15) is 0 Å². The lowest BCUT2D eigenvalue weighted by Gasteiger charge is -2.11. The number of nitrogens with two attached hydrogens (primary N) is 1. The number of nitrogens with one attached hydrogen (secondary N) is 1. The summed E-state index contributed by atoms with van der Waals surface area (Å²) in [7, 11) is 0. The highest BCUT2D eigenvalue weighted by atomic mass is 15.4. The SMILES string of the molecule is Cc1ccc(-c2ccn(NCc3ccccc3)c(=NN)n2)cc1. The van der Waals surface area contributed by atoms with Gasteiger partial charge in [-0.15, -0.1) is 5.10 Å². The van der Waals surface area contributed by atoms with Crippen molar-refractivity contribution >= 4 is 0 Å². The summed E-state index contributed by atoms with van der Waals surface area (Å²) in [5, 5.41) is 3.78. The number of aromatic nitrogens is 2. The third-order valence-electron chi connectivity index (χ3n) is 3.58. The van der Waals surface area contributed by atoms with Crippen LogP contribution in [0, 0.1) is 6.92 Å². The summed E-state index contributed by atoms with van der Waals surface area (Å²) in [5.74, 6) is 5.49. The molecule has 0 bridgehead atoms. The van der Waals surface area contributed by atoms with Crippen molar-refractivity contribution < 1.29 is 0 Å². The van der Waals surface area contributed by atoms with Crippen molar-refractivity contribution in [2.45, 2.75) is 13.5 Å². The maximum Gasteiger partial charge on any atom is 0.265 e. The molecule has 0 aliphatic heterocycles. The molecule has 3 N–H and O–H groups in total. The maximum atomic E-state index is 5.49. The molecule has 2 aromatic carbocycles. The van der Waals surface area contributed by atoms with E-state index >= 15 is 0 Å². The second kappa shape index (κ2) is 6.79. The van der Waals surface area contributed by atoms with E-state index in [0.29, 0.717) is 12.2 Å². The monoisotopic (exact) mass is 305 g/mol. The Bertz CT molecular complexity index is 835. The molecule has 0 aliphatic rings. The molecule has 1 aromatic heterocycles. The number of aryl methyl sites for hydroxylation is 1. The molecule has 3 rings (SSSR count). The fourth-order valence-electron chi connectivity index (χ4n) is 2.28. The van der Waals surface area contributed by atoms with Crippen molar-refractivity contribution in [3.8, 4) is 11.3 Å². The Kier molecular flexibility index (Phi) is 4.38. The molecule has 0 aliphatic carbocycles. The molecule has 3 aromatic rings. The highest BCUT2D eigenvalue weighted by molar-refractivity contribution is 5.58. The molecule has 0 radical (unpaired) electrons. The zero-order chi connectivity index (χ0) is 16.1. The molecule has 23 heavy (non-hydrogen) atoms. The highest BCUT2D eigenvalue weighted by Crippen LogP contribution is 2.15.